The van der Waals surface area contributed by atoms with Crippen molar-refractivity contribution in [1.29, 1.82) is 0 Å². The molecule has 1 aromatic heterocycles. The fourth-order valence-electron chi connectivity index (χ4n) is 1.89. The summed E-state index contributed by atoms with van der Waals surface area (Å²) in [6.45, 7) is 0. The molecular weight excluding hydrogens is 298 g/mol. The van der Waals surface area contributed by atoms with Crippen molar-refractivity contribution in [2.75, 3.05) is 0 Å². The second-order valence-corrected chi connectivity index (χ2v) is 4.85. The summed E-state index contributed by atoms with van der Waals surface area (Å²) < 4.78 is 3.37. The van der Waals surface area contributed by atoms with Gasteiger partial charge in [-0.3, -0.25) is 4.68 Å². The molecule has 0 aliphatic heterocycles. The van der Waals surface area contributed by atoms with Gasteiger partial charge in [-0.05, 0) is 41.5 Å². The van der Waals surface area contributed by atoms with Crippen molar-refractivity contribution in [1.82, 2.24) is 9.78 Å². The fraction of sp³-hybridized carbons (Fsp3) is 0.667. The van der Waals surface area contributed by atoms with Crippen LogP contribution in [0.5, 0.6) is 0 Å². The third-order valence-corrected chi connectivity index (χ3v) is 3.63. The molecule has 0 aromatic carbocycles. The van der Waals surface area contributed by atoms with Gasteiger partial charge in [-0.25, -0.2) is 0 Å². The van der Waals surface area contributed by atoms with Crippen molar-refractivity contribution < 1.29 is 0 Å². The molecule has 0 unspecified atom stereocenters. The van der Waals surface area contributed by atoms with E-state index in [2.05, 4.69) is 38.4 Å². The molecule has 4 heteroatoms. The van der Waals surface area contributed by atoms with Gasteiger partial charge in [0.05, 0.1) is 21.3 Å². The maximum absolute atomic E-state index is 5.74. The van der Waals surface area contributed by atoms with Gasteiger partial charge in [-0.2, -0.15) is 5.10 Å². The summed E-state index contributed by atoms with van der Waals surface area (Å²) in [6.07, 6.45) is 5.24. The lowest BCUT2D eigenvalue weighted by Gasteiger charge is -2.10. The molecule has 0 radical (unpaired) electrons. The number of rotatable bonds is 2. The van der Waals surface area contributed by atoms with Crippen LogP contribution in [0.3, 0.4) is 0 Å². The van der Waals surface area contributed by atoms with Gasteiger partial charge >= 0.3 is 0 Å². The molecule has 0 spiro atoms. The van der Waals surface area contributed by atoms with Gasteiger partial charge in [0.2, 0.25) is 0 Å². The average Bonchev–Trinajstić information content (AvgIpc) is 2.72. The van der Waals surface area contributed by atoms with Crippen LogP contribution in [0.1, 0.15) is 37.4 Å². The smallest absolute Gasteiger partial charge is 0.0995 e. The van der Waals surface area contributed by atoms with Crippen LogP contribution in [0.4, 0.5) is 0 Å². The van der Waals surface area contributed by atoms with E-state index in [9.17, 15) is 0 Å². The minimum Gasteiger partial charge on any atom is -0.256 e. The molecule has 1 fully saturated rings. The SMILES string of the molecule is ClCc1cc(I)n(C2CCCC2)n1. The van der Waals surface area contributed by atoms with Crippen LogP contribution in [0, 0.1) is 3.70 Å². The molecular formula is C9H12ClIN2. The van der Waals surface area contributed by atoms with Gasteiger partial charge in [-0.15, -0.1) is 11.6 Å². The Balaban J connectivity index is 2.22. The zero-order valence-electron chi connectivity index (χ0n) is 7.34. The van der Waals surface area contributed by atoms with Gasteiger partial charge in [0.1, 0.15) is 0 Å². The maximum Gasteiger partial charge on any atom is 0.0995 e. The van der Waals surface area contributed by atoms with E-state index in [1.165, 1.54) is 29.4 Å². The first kappa shape index (κ1) is 9.77. The fourth-order valence-corrected chi connectivity index (χ4v) is 2.88. The minimum absolute atomic E-state index is 0.524. The van der Waals surface area contributed by atoms with E-state index >= 15 is 0 Å². The number of halogens is 2. The number of alkyl halides is 1. The first-order chi connectivity index (χ1) is 6.31. The number of nitrogens with zero attached hydrogens (tertiary/aromatic N) is 2. The van der Waals surface area contributed by atoms with Gasteiger partial charge in [-0.1, -0.05) is 12.8 Å². The normalized spacial score (nSPS) is 18.3. The largest absolute Gasteiger partial charge is 0.256 e. The molecule has 0 bridgehead atoms. The summed E-state index contributed by atoms with van der Waals surface area (Å²) in [4.78, 5) is 0. The summed E-state index contributed by atoms with van der Waals surface area (Å²) in [7, 11) is 0. The van der Waals surface area contributed by atoms with E-state index in [4.69, 9.17) is 11.6 Å². The van der Waals surface area contributed by atoms with E-state index in [0.29, 0.717) is 11.9 Å². The van der Waals surface area contributed by atoms with Crippen molar-refractivity contribution >= 4 is 34.2 Å². The van der Waals surface area contributed by atoms with Gasteiger partial charge in [0.15, 0.2) is 0 Å². The van der Waals surface area contributed by atoms with E-state index in [-0.39, 0.29) is 0 Å². The van der Waals surface area contributed by atoms with Gasteiger partial charge in [0, 0.05) is 0 Å². The molecule has 0 N–H and O–H groups in total. The highest BCUT2D eigenvalue weighted by Gasteiger charge is 2.19. The second-order valence-electron chi connectivity index (χ2n) is 3.47. The Morgan fingerprint density at radius 2 is 2.23 bits per heavy atom. The summed E-state index contributed by atoms with van der Waals surface area (Å²) in [5.41, 5.74) is 0.998. The van der Waals surface area contributed by atoms with Crippen molar-refractivity contribution in [3.63, 3.8) is 0 Å². The zero-order valence-corrected chi connectivity index (χ0v) is 10.3. The lowest BCUT2D eigenvalue weighted by Crippen LogP contribution is -2.08. The molecule has 1 saturated carbocycles. The summed E-state index contributed by atoms with van der Waals surface area (Å²) in [5.74, 6) is 0.524. The second kappa shape index (κ2) is 4.17. The minimum atomic E-state index is 0.524. The molecule has 1 heterocycles. The highest BCUT2D eigenvalue weighted by Crippen LogP contribution is 2.30. The molecule has 1 aliphatic carbocycles. The summed E-state index contributed by atoms with van der Waals surface area (Å²) >= 11 is 8.08. The molecule has 0 saturated heterocycles. The zero-order chi connectivity index (χ0) is 9.26. The Kier molecular flexibility index (Phi) is 3.14. The van der Waals surface area contributed by atoms with Crippen LogP contribution in [0.2, 0.25) is 0 Å². The van der Waals surface area contributed by atoms with Crippen molar-refractivity contribution in [2.45, 2.75) is 37.6 Å². The molecule has 0 amide bonds. The van der Waals surface area contributed by atoms with Crippen LogP contribution in [-0.2, 0) is 5.88 Å². The molecule has 0 atom stereocenters. The monoisotopic (exact) mass is 310 g/mol. The standard InChI is InChI=1S/C9H12ClIN2/c10-6-7-5-9(11)13(12-7)8-3-1-2-4-8/h5,8H,1-4,6H2. The van der Waals surface area contributed by atoms with E-state index in [1.807, 2.05) is 0 Å². The van der Waals surface area contributed by atoms with E-state index in [0.717, 1.165) is 5.69 Å². The van der Waals surface area contributed by atoms with E-state index < -0.39 is 0 Å². The Morgan fingerprint density at radius 3 is 2.77 bits per heavy atom. The first-order valence-electron chi connectivity index (χ1n) is 4.61. The number of aromatic nitrogens is 2. The van der Waals surface area contributed by atoms with Crippen molar-refractivity contribution in [3.05, 3.63) is 15.5 Å². The lowest BCUT2D eigenvalue weighted by atomic mass is 10.3. The third-order valence-electron chi connectivity index (χ3n) is 2.55. The number of hydrogen-bond acceptors (Lipinski definition) is 1. The van der Waals surface area contributed by atoms with Crippen LogP contribution in [-0.4, -0.2) is 9.78 Å². The van der Waals surface area contributed by atoms with Crippen molar-refractivity contribution in [3.8, 4) is 0 Å². The Labute approximate surface area is 96.8 Å². The predicted molar refractivity (Wildman–Crippen MR) is 62.0 cm³/mol. The Hall–Kier alpha value is 0.230. The number of hydrogen-bond donors (Lipinski definition) is 0. The van der Waals surface area contributed by atoms with Crippen molar-refractivity contribution in [2.24, 2.45) is 0 Å². The summed E-state index contributed by atoms with van der Waals surface area (Å²) in [5, 5.41) is 4.49. The highest BCUT2D eigenvalue weighted by atomic mass is 127. The van der Waals surface area contributed by atoms with E-state index in [1.54, 1.807) is 0 Å². The Bertz CT molecular complexity index is 292. The van der Waals surface area contributed by atoms with Gasteiger partial charge in [0.25, 0.3) is 0 Å². The lowest BCUT2D eigenvalue weighted by molar-refractivity contribution is 0.455. The molecule has 2 nitrogen and oxygen atoms in total. The molecule has 2 rings (SSSR count). The molecule has 13 heavy (non-hydrogen) atoms. The van der Waals surface area contributed by atoms with Crippen LogP contribution in [0.25, 0.3) is 0 Å². The first-order valence-corrected chi connectivity index (χ1v) is 6.22. The maximum atomic E-state index is 5.74. The highest BCUT2D eigenvalue weighted by molar-refractivity contribution is 14.1. The van der Waals surface area contributed by atoms with Crippen LogP contribution in [0.15, 0.2) is 6.07 Å². The van der Waals surface area contributed by atoms with Crippen LogP contribution >= 0.6 is 34.2 Å². The predicted octanol–water partition coefficient (Wildman–Crippen LogP) is 3.34. The topological polar surface area (TPSA) is 17.8 Å². The molecule has 1 aromatic rings. The van der Waals surface area contributed by atoms with Crippen LogP contribution < -0.4 is 0 Å². The Morgan fingerprint density at radius 1 is 1.54 bits per heavy atom. The molecule has 72 valence electrons. The summed E-state index contributed by atoms with van der Waals surface area (Å²) in [6, 6.07) is 2.70. The third kappa shape index (κ3) is 2.01. The average molecular weight is 311 g/mol. The molecule has 1 aliphatic rings. The quantitative estimate of drug-likeness (QED) is 0.605. The van der Waals surface area contributed by atoms with Gasteiger partial charge < -0.3 is 0 Å².